The third kappa shape index (κ3) is 2.70. The number of hydrogen-bond donors (Lipinski definition) is 1. The first kappa shape index (κ1) is 15.1. The number of piperidine rings is 1. The first-order chi connectivity index (χ1) is 8.00. The molecule has 5 heteroatoms. The highest BCUT2D eigenvalue weighted by atomic mass is 35.5. The van der Waals surface area contributed by atoms with Gasteiger partial charge in [-0.15, -0.1) is 12.4 Å². The molecule has 1 fully saturated rings. The highest BCUT2D eigenvalue weighted by molar-refractivity contribution is 5.93. The summed E-state index contributed by atoms with van der Waals surface area (Å²) in [7, 11) is 1.93. The maximum Gasteiger partial charge on any atom is 0.270 e. The highest BCUT2D eigenvalue weighted by Crippen LogP contribution is 2.18. The molecule has 1 aromatic heterocycles. The van der Waals surface area contributed by atoms with Crippen molar-refractivity contribution >= 4 is 18.3 Å². The number of nitrogens with two attached hydrogens (primary N) is 1. The summed E-state index contributed by atoms with van der Waals surface area (Å²) in [5.74, 6) is 0.508. The van der Waals surface area contributed by atoms with Crippen LogP contribution in [0.4, 0.5) is 0 Å². The van der Waals surface area contributed by atoms with Gasteiger partial charge in [-0.25, -0.2) is 0 Å². The lowest BCUT2D eigenvalue weighted by molar-refractivity contribution is 0.0654. The summed E-state index contributed by atoms with van der Waals surface area (Å²) in [6, 6.07) is 4.11. The summed E-state index contributed by atoms with van der Waals surface area (Å²) in [6.07, 6.45) is 0.899. The molecule has 0 aromatic carbocycles. The fourth-order valence-corrected chi connectivity index (χ4v) is 2.34. The van der Waals surface area contributed by atoms with E-state index in [9.17, 15) is 4.79 Å². The fourth-order valence-electron chi connectivity index (χ4n) is 2.34. The van der Waals surface area contributed by atoms with Crippen LogP contribution in [0.1, 0.15) is 29.5 Å². The maximum absolute atomic E-state index is 12.4. The molecular formula is C13H22ClN3O. The van der Waals surface area contributed by atoms with E-state index >= 15 is 0 Å². The predicted molar refractivity (Wildman–Crippen MR) is 75.1 cm³/mol. The average molecular weight is 272 g/mol. The van der Waals surface area contributed by atoms with Gasteiger partial charge in [0.05, 0.1) is 0 Å². The van der Waals surface area contributed by atoms with Crippen molar-refractivity contribution in [3.05, 3.63) is 23.5 Å². The van der Waals surface area contributed by atoms with Crippen LogP contribution in [0, 0.1) is 12.8 Å². The second-order valence-electron chi connectivity index (χ2n) is 5.10. The van der Waals surface area contributed by atoms with Gasteiger partial charge in [-0.05, 0) is 31.4 Å². The predicted octanol–water partition coefficient (Wildman–Crippen LogP) is 1.56. The molecule has 1 aliphatic rings. The SMILES string of the molecule is Cc1ccc(C(=O)N2CCC(N)C(C)C2)n1C.Cl. The van der Waals surface area contributed by atoms with E-state index in [2.05, 4.69) is 6.92 Å². The lowest BCUT2D eigenvalue weighted by Crippen LogP contribution is -2.48. The Labute approximate surface area is 115 Å². The van der Waals surface area contributed by atoms with Crippen molar-refractivity contribution in [2.75, 3.05) is 13.1 Å². The number of hydrogen-bond acceptors (Lipinski definition) is 2. The molecule has 1 amide bonds. The van der Waals surface area contributed by atoms with E-state index in [0.717, 1.165) is 30.9 Å². The summed E-state index contributed by atoms with van der Waals surface area (Å²) in [4.78, 5) is 14.3. The zero-order valence-corrected chi connectivity index (χ0v) is 12.0. The van der Waals surface area contributed by atoms with E-state index in [1.54, 1.807) is 0 Å². The highest BCUT2D eigenvalue weighted by Gasteiger charge is 2.27. The number of carbonyl (C=O) groups excluding carboxylic acids is 1. The van der Waals surface area contributed by atoms with Gasteiger partial charge in [0.2, 0.25) is 0 Å². The van der Waals surface area contributed by atoms with Gasteiger partial charge in [-0.1, -0.05) is 6.92 Å². The number of amides is 1. The van der Waals surface area contributed by atoms with Gasteiger partial charge in [-0.2, -0.15) is 0 Å². The van der Waals surface area contributed by atoms with Crippen LogP contribution < -0.4 is 5.73 Å². The Hall–Kier alpha value is -1.00. The molecule has 2 atom stereocenters. The summed E-state index contributed by atoms with van der Waals surface area (Å²) in [6.45, 7) is 5.66. The lowest BCUT2D eigenvalue weighted by atomic mass is 9.94. The van der Waals surface area contributed by atoms with Gasteiger partial charge in [0.15, 0.2) is 0 Å². The van der Waals surface area contributed by atoms with Crippen molar-refractivity contribution in [1.29, 1.82) is 0 Å². The number of halogens is 1. The first-order valence-corrected chi connectivity index (χ1v) is 6.18. The molecule has 1 aromatic rings. The molecular weight excluding hydrogens is 250 g/mol. The molecule has 0 bridgehead atoms. The van der Waals surface area contributed by atoms with Crippen molar-refractivity contribution in [1.82, 2.24) is 9.47 Å². The average Bonchev–Trinajstić information content (AvgIpc) is 2.63. The summed E-state index contributed by atoms with van der Waals surface area (Å²) in [5.41, 5.74) is 7.85. The van der Waals surface area contributed by atoms with E-state index in [1.807, 2.05) is 35.6 Å². The monoisotopic (exact) mass is 271 g/mol. The van der Waals surface area contributed by atoms with Gasteiger partial charge in [-0.3, -0.25) is 4.79 Å². The molecule has 0 aliphatic carbocycles. The normalized spacial score (nSPS) is 23.7. The molecule has 1 aliphatic heterocycles. The minimum atomic E-state index is 0. The van der Waals surface area contributed by atoms with Crippen LogP contribution in [0.3, 0.4) is 0 Å². The summed E-state index contributed by atoms with van der Waals surface area (Å²) >= 11 is 0. The second-order valence-corrected chi connectivity index (χ2v) is 5.10. The molecule has 0 spiro atoms. The number of nitrogens with zero attached hydrogens (tertiary/aromatic N) is 2. The van der Waals surface area contributed by atoms with Gasteiger partial charge in [0.1, 0.15) is 5.69 Å². The molecule has 2 heterocycles. The molecule has 2 unspecified atom stereocenters. The van der Waals surface area contributed by atoms with Crippen molar-refractivity contribution < 1.29 is 4.79 Å². The van der Waals surface area contributed by atoms with Crippen molar-refractivity contribution in [2.45, 2.75) is 26.3 Å². The van der Waals surface area contributed by atoms with Crippen LogP contribution in [-0.4, -0.2) is 34.5 Å². The number of likely N-dealkylation sites (tertiary alicyclic amines) is 1. The molecule has 18 heavy (non-hydrogen) atoms. The zero-order valence-electron chi connectivity index (χ0n) is 11.2. The maximum atomic E-state index is 12.4. The van der Waals surface area contributed by atoms with Gasteiger partial charge < -0.3 is 15.2 Å². The Morgan fingerprint density at radius 3 is 2.61 bits per heavy atom. The second kappa shape index (κ2) is 5.76. The van der Waals surface area contributed by atoms with Crippen LogP contribution in [-0.2, 0) is 7.05 Å². The molecule has 0 radical (unpaired) electrons. The summed E-state index contributed by atoms with van der Waals surface area (Å²) < 4.78 is 1.95. The van der Waals surface area contributed by atoms with Crippen molar-refractivity contribution in [2.24, 2.45) is 18.7 Å². The third-order valence-electron chi connectivity index (χ3n) is 3.85. The zero-order chi connectivity index (χ0) is 12.6. The Kier molecular flexibility index (Phi) is 4.82. The van der Waals surface area contributed by atoms with Crippen LogP contribution in [0.5, 0.6) is 0 Å². The van der Waals surface area contributed by atoms with Crippen LogP contribution in [0.25, 0.3) is 0 Å². The van der Waals surface area contributed by atoms with E-state index in [-0.39, 0.29) is 24.4 Å². The number of aromatic nitrogens is 1. The summed E-state index contributed by atoms with van der Waals surface area (Å²) in [5, 5.41) is 0. The van der Waals surface area contributed by atoms with Crippen molar-refractivity contribution in [3.8, 4) is 0 Å². The molecule has 2 rings (SSSR count). The lowest BCUT2D eigenvalue weighted by Gasteiger charge is -2.35. The Morgan fingerprint density at radius 2 is 2.11 bits per heavy atom. The van der Waals surface area contributed by atoms with Gasteiger partial charge in [0, 0.05) is 31.9 Å². The van der Waals surface area contributed by atoms with Gasteiger partial charge >= 0.3 is 0 Å². The quantitative estimate of drug-likeness (QED) is 0.843. The number of carbonyl (C=O) groups is 1. The molecule has 1 saturated heterocycles. The van der Waals surface area contributed by atoms with Crippen LogP contribution >= 0.6 is 12.4 Å². The smallest absolute Gasteiger partial charge is 0.270 e. The standard InChI is InChI=1S/C13H21N3O.ClH/c1-9-8-16(7-6-11(9)14)13(17)12-5-4-10(2)15(12)3;/h4-5,9,11H,6-8,14H2,1-3H3;1H. The molecule has 0 saturated carbocycles. The molecule has 4 nitrogen and oxygen atoms in total. The fraction of sp³-hybridized carbons (Fsp3) is 0.615. The van der Waals surface area contributed by atoms with E-state index in [4.69, 9.17) is 5.73 Å². The van der Waals surface area contributed by atoms with Crippen LogP contribution in [0.15, 0.2) is 12.1 Å². The third-order valence-corrected chi connectivity index (χ3v) is 3.85. The van der Waals surface area contributed by atoms with E-state index in [1.165, 1.54) is 0 Å². The van der Waals surface area contributed by atoms with E-state index < -0.39 is 0 Å². The Bertz CT molecular complexity index is 430. The Morgan fingerprint density at radius 1 is 1.44 bits per heavy atom. The van der Waals surface area contributed by atoms with Crippen LogP contribution in [0.2, 0.25) is 0 Å². The minimum absolute atomic E-state index is 0. The molecule has 2 N–H and O–H groups in total. The largest absolute Gasteiger partial charge is 0.344 e. The topological polar surface area (TPSA) is 51.3 Å². The Balaban J connectivity index is 0.00000162. The number of aryl methyl sites for hydroxylation is 1. The number of rotatable bonds is 1. The minimum Gasteiger partial charge on any atom is -0.344 e. The van der Waals surface area contributed by atoms with E-state index in [0.29, 0.717) is 5.92 Å². The van der Waals surface area contributed by atoms with Gasteiger partial charge in [0.25, 0.3) is 5.91 Å². The molecule has 102 valence electrons. The van der Waals surface area contributed by atoms with Crippen molar-refractivity contribution in [3.63, 3.8) is 0 Å². The first-order valence-electron chi connectivity index (χ1n) is 6.18.